The van der Waals surface area contributed by atoms with Crippen molar-refractivity contribution in [2.45, 2.75) is 50.8 Å². The Morgan fingerprint density at radius 2 is 1.69 bits per heavy atom. The lowest BCUT2D eigenvalue weighted by atomic mass is 9.89. The number of methoxy groups -OCH3 is 1. The standard InChI is InChI=1S/C27H32N2O6/c1-16-18(26(31)32)13-8-14-29(16)25(30)24(17(2)34-3)28-27(33)35-15-23-21-11-6-4-9-19(21)20-10-5-7-12-22(20)23/h4-7,9-12,16-18,23-24H,8,13-15H2,1-3H3,(H,28,33)(H,31,32)/t16-,17?,18-,24?/m0/s1. The average Bonchev–Trinajstić information content (AvgIpc) is 3.19. The van der Waals surface area contributed by atoms with Gasteiger partial charge in [0.15, 0.2) is 0 Å². The number of carbonyl (C=O) groups is 3. The molecule has 0 radical (unpaired) electrons. The molecule has 2 aromatic carbocycles. The average molecular weight is 481 g/mol. The number of fused-ring (bicyclic) bond motifs is 3. The lowest BCUT2D eigenvalue weighted by Gasteiger charge is -2.40. The predicted octanol–water partition coefficient (Wildman–Crippen LogP) is 3.64. The van der Waals surface area contributed by atoms with Crippen molar-refractivity contribution in [2.75, 3.05) is 20.3 Å². The highest BCUT2D eigenvalue weighted by Gasteiger charge is 2.40. The van der Waals surface area contributed by atoms with E-state index in [4.69, 9.17) is 9.47 Å². The highest BCUT2D eigenvalue weighted by Crippen LogP contribution is 2.44. The molecule has 2 amide bonds. The molecule has 8 nitrogen and oxygen atoms in total. The Bertz CT molecular complexity index is 1060. The molecule has 2 aromatic rings. The van der Waals surface area contributed by atoms with Crippen LogP contribution in [0.1, 0.15) is 43.7 Å². The Balaban J connectivity index is 1.45. The quantitative estimate of drug-likeness (QED) is 0.627. The second kappa shape index (κ2) is 10.5. The molecule has 2 unspecified atom stereocenters. The molecule has 0 spiro atoms. The maximum absolute atomic E-state index is 13.4. The van der Waals surface area contributed by atoms with Gasteiger partial charge in [-0.25, -0.2) is 4.79 Å². The molecule has 4 atom stereocenters. The van der Waals surface area contributed by atoms with Crippen LogP contribution in [0, 0.1) is 5.92 Å². The number of carboxylic acid groups (broad SMARTS) is 1. The summed E-state index contributed by atoms with van der Waals surface area (Å²) in [6.45, 7) is 3.99. The highest BCUT2D eigenvalue weighted by molar-refractivity contribution is 5.87. The van der Waals surface area contributed by atoms with Crippen molar-refractivity contribution in [3.05, 3.63) is 59.7 Å². The normalized spacial score (nSPS) is 20.9. The number of amides is 2. The van der Waals surface area contributed by atoms with Crippen LogP contribution in [0.2, 0.25) is 0 Å². The van der Waals surface area contributed by atoms with Gasteiger partial charge in [-0.3, -0.25) is 9.59 Å². The molecule has 1 aliphatic heterocycles. The molecule has 0 bridgehead atoms. The second-order valence-electron chi connectivity index (χ2n) is 9.25. The van der Waals surface area contributed by atoms with Gasteiger partial charge in [0, 0.05) is 25.6 Å². The molecular formula is C27H32N2O6. The number of carbonyl (C=O) groups excluding carboxylic acids is 2. The largest absolute Gasteiger partial charge is 0.481 e. The summed E-state index contributed by atoms with van der Waals surface area (Å²) in [5.41, 5.74) is 4.46. The van der Waals surface area contributed by atoms with Crippen LogP contribution in [-0.4, -0.2) is 66.4 Å². The van der Waals surface area contributed by atoms with Gasteiger partial charge in [0.1, 0.15) is 12.6 Å². The van der Waals surface area contributed by atoms with Crippen molar-refractivity contribution in [1.82, 2.24) is 10.2 Å². The summed E-state index contributed by atoms with van der Waals surface area (Å²) in [6, 6.07) is 14.6. The minimum Gasteiger partial charge on any atom is -0.481 e. The minimum atomic E-state index is -0.995. The van der Waals surface area contributed by atoms with Crippen LogP contribution in [0.15, 0.2) is 48.5 Å². The summed E-state index contributed by atoms with van der Waals surface area (Å²) in [4.78, 5) is 39.4. The Morgan fingerprint density at radius 3 is 2.26 bits per heavy atom. The van der Waals surface area contributed by atoms with Crippen LogP contribution < -0.4 is 5.32 Å². The lowest BCUT2D eigenvalue weighted by Crippen LogP contribution is -2.59. The van der Waals surface area contributed by atoms with E-state index in [-0.39, 0.29) is 18.4 Å². The highest BCUT2D eigenvalue weighted by atomic mass is 16.5. The van der Waals surface area contributed by atoms with Crippen molar-refractivity contribution in [2.24, 2.45) is 5.92 Å². The number of nitrogens with zero attached hydrogens (tertiary/aromatic N) is 1. The minimum absolute atomic E-state index is 0.0967. The third-order valence-corrected chi connectivity index (χ3v) is 7.31. The number of aliphatic carboxylic acids is 1. The SMILES string of the molecule is COC(C)C(NC(=O)OCC1c2ccccc2-c2ccccc21)C(=O)N1CCC[C@H](C(=O)O)[C@@H]1C. The van der Waals surface area contributed by atoms with Crippen LogP contribution in [0.3, 0.4) is 0 Å². The van der Waals surface area contributed by atoms with E-state index in [0.29, 0.717) is 19.4 Å². The van der Waals surface area contributed by atoms with E-state index in [0.717, 1.165) is 22.3 Å². The predicted molar refractivity (Wildman–Crippen MR) is 130 cm³/mol. The molecule has 0 saturated carbocycles. The van der Waals surface area contributed by atoms with Gasteiger partial charge in [0.05, 0.1) is 12.0 Å². The summed E-state index contributed by atoms with van der Waals surface area (Å²) >= 11 is 0. The maximum Gasteiger partial charge on any atom is 0.407 e. The monoisotopic (exact) mass is 480 g/mol. The van der Waals surface area contributed by atoms with Gasteiger partial charge in [0.25, 0.3) is 0 Å². The number of nitrogens with one attached hydrogen (secondary N) is 1. The van der Waals surface area contributed by atoms with Crippen LogP contribution in [0.4, 0.5) is 4.79 Å². The summed E-state index contributed by atoms with van der Waals surface area (Å²) < 4.78 is 11.0. The van der Waals surface area contributed by atoms with Crippen molar-refractivity contribution >= 4 is 18.0 Å². The maximum atomic E-state index is 13.4. The summed E-state index contributed by atoms with van der Waals surface area (Å²) in [7, 11) is 1.46. The number of rotatable bonds is 7. The van der Waals surface area contributed by atoms with Crippen LogP contribution in [0.25, 0.3) is 11.1 Å². The summed E-state index contributed by atoms with van der Waals surface area (Å²) in [6.07, 6.45) is -0.231. The first-order valence-corrected chi connectivity index (χ1v) is 12.0. The van der Waals surface area contributed by atoms with Crippen molar-refractivity contribution < 1.29 is 29.0 Å². The van der Waals surface area contributed by atoms with Gasteiger partial charge in [0.2, 0.25) is 5.91 Å². The first-order valence-electron chi connectivity index (χ1n) is 12.0. The molecule has 8 heteroatoms. The number of ether oxygens (including phenoxy) is 2. The smallest absolute Gasteiger partial charge is 0.407 e. The fourth-order valence-electron chi connectivity index (χ4n) is 5.25. The summed E-state index contributed by atoms with van der Waals surface area (Å²) in [5, 5.41) is 12.2. The number of hydrogen-bond acceptors (Lipinski definition) is 5. The molecule has 1 saturated heterocycles. The number of likely N-dealkylation sites (tertiary alicyclic amines) is 1. The fraction of sp³-hybridized carbons (Fsp3) is 0.444. The van der Waals surface area contributed by atoms with Crippen LogP contribution >= 0.6 is 0 Å². The number of benzene rings is 2. The number of piperidine rings is 1. The first-order chi connectivity index (χ1) is 16.8. The Labute approximate surface area is 205 Å². The third-order valence-electron chi connectivity index (χ3n) is 7.31. The number of alkyl carbamates (subject to hydrolysis) is 1. The fourth-order valence-corrected chi connectivity index (χ4v) is 5.25. The lowest BCUT2D eigenvalue weighted by molar-refractivity contribution is -0.150. The van der Waals surface area contributed by atoms with Gasteiger partial charge in [-0.2, -0.15) is 0 Å². The molecule has 35 heavy (non-hydrogen) atoms. The van der Waals surface area contributed by atoms with Crippen molar-refractivity contribution in [3.8, 4) is 11.1 Å². The van der Waals surface area contributed by atoms with E-state index in [9.17, 15) is 19.5 Å². The Kier molecular flexibility index (Phi) is 7.40. The molecular weight excluding hydrogens is 448 g/mol. The molecule has 1 heterocycles. The van der Waals surface area contributed by atoms with E-state index >= 15 is 0 Å². The van der Waals surface area contributed by atoms with Gasteiger partial charge in [-0.05, 0) is 48.9 Å². The molecule has 186 valence electrons. The van der Waals surface area contributed by atoms with Crippen molar-refractivity contribution in [3.63, 3.8) is 0 Å². The number of carboxylic acids is 1. The molecule has 1 aliphatic carbocycles. The molecule has 2 N–H and O–H groups in total. The zero-order valence-corrected chi connectivity index (χ0v) is 20.3. The second-order valence-corrected chi connectivity index (χ2v) is 9.25. The van der Waals surface area contributed by atoms with E-state index in [1.807, 2.05) is 36.4 Å². The Morgan fingerprint density at radius 1 is 1.09 bits per heavy atom. The van der Waals surface area contributed by atoms with Gasteiger partial charge >= 0.3 is 12.1 Å². The van der Waals surface area contributed by atoms with Crippen LogP contribution in [0.5, 0.6) is 0 Å². The zero-order chi connectivity index (χ0) is 25.1. The summed E-state index contributed by atoms with van der Waals surface area (Å²) in [5.74, 6) is -2.02. The van der Waals surface area contributed by atoms with Crippen LogP contribution in [-0.2, 0) is 19.1 Å². The number of hydrogen-bond donors (Lipinski definition) is 2. The van der Waals surface area contributed by atoms with Crippen molar-refractivity contribution in [1.29, 1.82) is 0 Å². The van der Waals surface area contributed by atoms with E-state index in [1.54, 1.807) is 13.8 Å². The first kappa shape index (κ1) is 24.7. The molecule has 0 aromatic heterocycles. The van der Waals surface area contributed by atoms with Gasteiger partial charge in [-0.15, -0.1) is 0 Å². The molecule has 4 rings (SSSR count). The van der Waals surface area contributed by atoms with E-state index in [2.05, 4.69) is 17.4 Å². The van der Waals surface area contributed by atoms with E-state index in [1.165, 1.54) is 12.0 Å². The third kappa shape index (κ3) is 4.89. The topological polar surface area (TPSA) is 105 Å². The zero-order valence-electron chi connectivity index (χ0n) is 20.3. The molecule has 2 aliphatic rings. The van der Waals surface area contributed by atoms with Gasteiger partial charge in [-0.1, -0.05) is 48.5 Å². The molecule has 1 fully saturated rings. The Hall–Kier alpha value is -3.39. The van der Waals surface area contributed by atoms with E-state index < -0.39 is 36.2 Å². The van der Waals surface area contributed by atoms with Gasteiger partial charge < -0.3 is 24.8 Å².